The zero-order valence-corrected chi connectivity index (χ0v) is 9.07. The lowest BCUT2D eigenvalue weighted by atomic mass is 10.2. The first-order valence-electron chi connectivity index (χ1n) is 4.56. The summed E-state index contributed by atoms with van der Waals surface area (Å²) in [5, 5.41) is 5.55. The van der Waals surface area contributed by atoms with Crippen molar-refractivity contribution < 1.29 is 4.74 Å². The molecule has 3 nitrogen and oxygen atoms in total. The van der Waals surface area contributed by atoms with Crippen LogP contribution in [-0.2, 0) is 4.74 Å². The minimum absolute atomic E-state index is 0.418. The third-order valence-electron chi connectivity index (χ3n) is 2.55. The summed E-state index contributed by atoms with van der Waals surface area (Å²) in [6, 6.07) is 6.57. The van der Waals surface area contributed by atoms with E-state index in [1.165, 1.54) is 10.9 Å². The highest BCUT2D eigenvalue weighted by Gasteiger charge is 2.22. The molecule has 2 heterocycles. The van der Waals surface area contributed by atoms with Crippen LogP contribution in [0.5, 0.6) is 0 Å². The maximum Gasteiger partial charge on any atom is 0.0992 e. The molecule has 0 radical (unpaired) electrons. The Hall–Kier alpha value is -0.870. The maximum atomic E-state index is 5.17. The number of hydrogen-bond acceptors (Lipinski definition) is 2. The molecule has 0 amide bonds. The van der Waals surface area contributed by atoms with E-state index in [9.17, 15) is 0 Å². The molecule has 1 aliphatic rings. The Bertz CT molecular complexity index is 476. The largest absolute Gasteiger partial charge is 0.377 e. The van der Waals surface area contributed by atoms with E-state index in [0.717, 1.165) is 17.7 Å². The number of fused-ring (bicyclic) bond motifs is 1. The average molecular weight is 253 g/mol. The van der Waals surface area contributed by atoms with Gasteiger partial charge in [-0.15, -0.1) is 0 Å². The van der Waals surface area contributed by atoms with E-state index < -0.39 is 0 Å². The molecule has 0 unspecified atom stereocenters. The Morgan fingerprint density at radius 3 is 3.00 bits per heavy atom. The topological polar surface area (TPSA) is 27.1 Å². The molecule has 1 aromatic heterocycles. The van der Waals surface area contributed by atoms with Gasteiger partial charge in [0.2, 0.25) is 0 Å². The summed E-state index contributed by atoms with van der Waals surface area (Å²) >= 11 is 3.51. The van der Waals surface area contributed by atoms with Crippen LogP contribution in [0.15, 0.2) is 28.9 Å². The minimum Gasteiger partial charge on any atom is -0.377 e. The van der Waals surface area contributed by atoms with Crippen molar-refractivity contribution >= 4 is 26.8 Å². The summed E-state index contributed by atoms with van der Waals surface area (Å²) in [5.74, 6) is 0. The van der Waals surface area contributed by atoms with Crippen LogP contribution in [0, 0.1) is 0 Å². The monoisotopic (exact) mass is 252 g/mol. The van der Waals surface area contributed by atoms with Crippen LogP contribution in [-0.4, -0.2) is 23.0 Å². The summed E-state index contributed by atoms with van der Waals surface area (Å²) in [6.45, 7) is 1.56. The summed E-state index contributed by atoms with van der Waals surface area (Å²) in [7, 11) is 0. The number of ether oxygens (including phenoxy) is 1. The first-order chi connectivity index (χ1) is 6.86. The molecule has 0 bridgehead atoms. The molecule has 1 saturated heterocycles. The van der Waals surface area contributed by atoms with Crippen molar-refractivity contribution in [1.82, 2.24) is 9.78 Å². The quantitative estimate of drug-likeness (QED) is 0.780. The van der Waals surface area contributed by atoms with Crippen molar-refractivity contribution in [1.29, 1.82) is 0 Å². The van der Waals surface area contributed by atoms with Gasteiger partial charge in [0.1, 0.15) is 0 Å². The Kier molecular flexibility index (Phi) is 1.85. The maximum absolute atomic E-state index is 5.17. The van der Waals surface area contributed by atoms with Gasteiger partial charge in [-0.1, -0.05) is 22.0 Å². The molecule has 14 heavy (non-hydrogen) atoms. The summed E-state index contributed by atoms with van der Waals surface area (Å²) in [4.78, 5) is 0. The molecule has 2 aromatic rings. The van der Waals surface area contributed by atoms with Gasteiger partial charge < -0.3 is 4.74 Å². The van der Waals surface area contributed by atoms with Crippen LogP contribution in [0.25, 0.3) is 10.9 Å². The molecule has 3 rings (SSSR count). The highest BCUT2D eigenvalue weighted by molar-refractivity contribution is 9.10. The molecule has 0 N–H and O–H groups in total. The summed E-state index contributed by atoms with van der Waals surface area (Å²) in [5.41, 5.74) is 1.17. The van der Waals surface area contributed by atoms with Crippen LogP contribution in [0.1, 0.15) is 6.04 Å². The van der Waals surface area contributed by atoms with Crippen LogP contribution in [0.4, 0.5) is 0 Å². The van der Waals surface area contributed by atoms with Gasteiger partial charge in [-0.05, 0) is 12.1 Å². The molecule has 0 spiro atoms. The second kappa shape index (κ2) is 3.07. The van der Waals surface area contributed by atoms with Gasteiger partial charge >= 0.3 is 0 Å². The molecular weight excluding hydrogens is 244 g/mol. The van der Waals surface area contributed by atoms with Gasteiger partial charge in [0.25, 0.3) is 0 Å². The molecule has 0 saturated carbocycles. The standard InChI is InChI=1S/C10H9BrN2O/c11-9-2-1-3-10-8(9)4-12-13(10)7-5-14-6-7/h1-4,7H,5-6H2. The van der Waals surface area contributed by atoms with Gasteiger partial charge in [-0.25, -0.2) is 0 Å². The predicted molar refractivity (Wildman–Crippen MR) is 57.3 cm³/mol. The number of hydrogen-bond donors (Lipinski definition) is 0. The summed E-state index contributed by atoms with van der Waals surface area (Å²) < 4.78 is 8.31. The number of halogens is 1. The van der Waals surface area contributed by atoms with Gasteiger partial charge in [0.15, 0.2) is 0 Å². The van der Waals surface area contributed by atoms with Crippen molar-refractivity contribution in [3.8, 4) is 0 Å². The predicted octanol–water partition coefficient (Wildman–Crippen LogP) is 2.37. The lowest BCUT2D eigenvalue weighted by molar-refractivity contribution is -0.0266. The van der Waals surface area contributed by atoms with Crippen molar-refractivity contribution in [2.75, 3.05) is 13.2 Å². The molecule has 1 fully saturated rings. The first kappa shape index (κ1) is 8.44. The molecule has 72 valence electrons. The zero-order chi connectivity index (χ0) is 9.54. The van der Waals surface area contributed by atoms with Crippen LogP contribution >= 0.6 is 15.9 Å². The third-order valence-corrected chi connectivity index (χ3v) is 3.25. The van der Waals surface area contributed by atoms with E-state index in [4.69, 9.17) is 4.74 Å². The second-order valence-corrected chi connectivity index (χ2v) is 4.31. The van der Waals surface area contributed by atoms with Gasteiger partial charge in [-0.3, -0.25) is 4.68 Å². The SMILES string of the molecule is Brc1cccc2c1cnn2C1COC1. The first-order valence-corrected chi connectivity index (χ1v) is 5.35. The average Bonchev–Trinajstić information content (AvgIpc) is 2.48. The Labute approximate surface area is 89.8 Å². The normalized spacial score (nSPS) is 17.2. The number of aromatic nitrogens is 2. The van der Waals surface area contributed by atoms with E-state index in [2.05, 4.69) is 27.1 Å². The zero-order valence-electron chi connectivity index (χ0n) is 7.48. The molecular formula is C10H9BrN2O. The molecule has 1 aromatic carbocycles. The van der Waals surface area contributed by atoms with Crippen molar-refractivity contribution in [2.45, 2.75) is 6.04 Å². The van der Waals surface area contributed by atoms with E-state index in [1.54, 1.807) is 0 Å². The van der Waals surface area contributed by atoms with E-state index in [0.29, 0.717) is 6.04 Å². The fraction of sp³-hybridized carbons (Fsp3) is 0.300. The molecule has 1 aliphatic heterocycles. The van der Waals surface area contributed by atoms with E-state index in [1.807, 2.05) is 23.0 Å². The molecule has 0 atom stereocenters. The fourth-order valence-electron chi connectivity index (χ4n) is 1.69. The third kappa shape index (κ3) is 1.11. The van der Waals surface area contributed by atoms with E-state index in [-0.39, 0.29) is 0 Å². The lowest BCUT2D eigenvalue weighted by Gasteiger charge is -2.26. The lowest BCUT2D eigenvalue weighted by Crippen LogP contribution is -2.31. The Balaban J connectivity index is 2.20. The number of benzene rings is 1. The van der Waals surface area contributed by atoms with Crippen molar-refractivity contribution in [3.63, 3.8) is 0 Å². The highest BCUT2D eigenvalue weighted by Crippen LogP contribution is 2.27. The Morgan fingerprint density at radius 1 is 1.43 bits per heavy atom. The van der Waals surface area contributed by atoms with E-state index >= 15 is 0 Å². The summed E-state index contributed by atoms with van der Waals surface area (Å²) in [6.07, 6.45) is 1.90. The number of nitrogens with zero attached hydrogens (tertiary/aromatic N) is 2. The van der Waals surface area contributed by atoms with Gasteiger partial charge in [-0.2, -0.15) is 5.10 Å². The van der Waals surface area contributed by atoms with Crippen molar-refractivity contribution in [3.05, 3.63) is 28.9 Å². The highest BCUT2D eigenvalue weighted by atomic mass is 79.9. The Morgan fingerprint density at radius 2 is 2.29 bits per heavy atom. The second-order valence-electron chi connectivity index (χ2n) is 3.45. The van der Waals surface area contributed by atoms with Crippen LogP contribution < -0.4 is 0 Å². The number of rotatable bonds is 1. The fourth-order valence-corrected chi connectivity index (χ4v) is 2.15. The smallest absolute Gasteiger partial charge is 0.0992 e. The molecule has 0 aliphatic carbocycles. The minimum atomic E-state index is 0.418. The van der Waals surface area contributed by atoms with Crippen LogP contribution in [0.2, 0.25) is 0 Å². The van der Waals surface area contributed by atoms with Crippen LogP contribution in [0.3, 0.4) is 0 Å². The van der Waals surface area contributed by atoms with Gasteiger partial charge in [0, 0.05) is 9.86 Å². The molecule has 4 heteroatoms. The van der Waals surface area contributed by atoms with Gasteiger partial charge in [0.05, 0.1) is 31.0 Å². The van der Waals surface area contributed by atoms with Crippen molar-refractivity contribution in [2.24, 2.45) is 0 Å².